The van der Waals surface area contributed by atoms with Crippen molar-refractivity contribution in [3.05, 3.63) is 51.3 Å². The normalized spacial score (nSPS) is 15.7. The Morgan fingerprint density at radius 1 is 1.02 bits per heavy atom. The fraction of sp³-hybridized carbons (Fsp3) is 0.414. The van der Waals surface area contributed by atoms with Crippen molar-refractivity contribution in [2.24, 2.45) is 0 Å². The van der Waals surface area contributed by atoms with Crippen molar-refractivity contribution in [3.8, 4) is 11.1 Å². The zero-order valence-corrected chi connectivity index (χ0v) is 27.1. The summed E-state index contributed by atoms with van der Waals surface area (Å²) >= 11 is 7.08. The Morgan fingerprint density at radius 2 is 1.73 bits per heavy atom. The van der Waals surface area contributed by atoms with Gasteiger partial charge in [-0.05, 0) is 75.6 Å². The molecule has 6 rings (SSSR count). The van der Waals surface area contributed by atoms with Crippen LogP contribution in [-0.4, -0.2) is 82.9 Å². The van der Waals surface area contributed by atoms with E-state index in [0.717, 1.165) is 43.5 Å². The number of thiazole rings is 1. The van der Waals surface area contributed by atoms with Gasteiger partial charge in [0.1, 0.15) is 9.88 Å². The number of carboxylic acids is 1. The molecule has 0 spiro atoms. The molecule has 3 aromatic heterocycles. The van der Waals surface area contributed by atoms with E-state index in [-0.39, 0.29) is 21.4 Å². The smallest absolute Gasteiger partial charge is 0.348 e. The van der Waals surface area contributed by atoms with E-state index in [9.17, 15) is 23.1 Å². The second kappa shape index (κ2) is 14.6. The van der Waals surface area contributed by atoms with Crippen LogP contribution >= 0.6 is 22.9 Å². The van der Waals surface area contributed by atoms with E-state index in [1.165, 1.54) is 57.2 Å². The van der Waals surface area contributed by atoms with Gasteiger partial charge in [-0.1, -0.05) is 24.4 Å². The van der Waals surface area contributed by atoms with E-state index in [1.54, 1.807) is 12.1 Å². The summed E-state index contributed by atoms with van der Waals surface area (Å²) in [6, 6.07) is 4.94. The van der Waals surface area contributed by atoms with Crippen LogP contribution < -0.4 is 15.4 Å². The minimum absolute atomic E-state index is 0.0228. The summed E-state index contributed by atoms with van der Waals surface area (Å²) in [6.45, 7) is 4.82. The molecular weight excluding hydrogens is 640 g/mol. The number of carboxylic acid groups (broad SMARTS) is 1. The molecule has 5 N–H and O–H groups in total. The van der Waals surface area contributed by atoms with Gasteiger partial charge >= 0.3 is 5.97 Å². The number of carbonyl (C=O) groups is 2. The third-order valence-electron chi connectivity index (χ3n) is 7.37. The zero-order chi connectivity index (χ0) is 32.0. The molecular formula is C29H35ClN8O5S2. The van der Waals surface area contributed by atoms with Crippen LogP contribution in [0.25, 0.3) is 22.0 Å². The van der Waals surface area contributed by atoms with Crippen molar-refractivity contribution in [1.82, 2.24) is 30.4 Å². The van der Waals surface area contributed by atoms with E-state index in [4.69, 9.17) is 11.6 Å². The van der Waals surface area contributed by atoms with Gasteiger partial charge < -0.3 is 15.7 Å². The Hall–Kier alpha value is -3.63. The molecule has 2 saturated heterocycles. The van der Waals surface area contributed by atoms with E-state index in [1.807, 2.05) is 0 Å². The molecule has 1 aromatic carbocycles. The number of likely N-dealkylation sites (tertiary alicyclic amines) is 1. The number of fused-ring (bicyclic) bond motifs is 1. The number of benzene rings is 1. The average Bonchev–Trinajstić information content (AvgIpc) is 3.67. The minimum atomic E-state index is -3.60. The molecule has 16 heteroatoms. The summed E-state index contributed by atoms with van der Waals surface area (Å²) in [5.41, 5.74) is 1.97. The maximum atomic E-state index is 13.3. The first kappa shape index (κ1) is 32.8. The van der Waals surface area contributed by atoms with E-state index in [2.05, 4.69) is 40.4 Å². The highest BCUT2D eigenvalue weighted by Gasteiger charge is 2.25. The van der Waals surface area contributed by atoms with Gasteiger partial charge in [-0.15, -0.1) is 11.3 Å². The molecule has 240 valence electrons. The van der Waals surface area contributed by atoms with E-state index < -0.39 is 21.9 Å². The van der Waals surface area contributed by atoms with E-state index >= 15 is 0 Å². The Morgan fingerprint density at radius 3 is 2.38 bits per heavy atom. The summed E-state index contributed by atoms with van der Waals surface area (Å²) < 4.78 is 25.8. The summed E-state index contributed by atoms with van der Waals surface area (Å²) in [6.07, 6.45) is 11.6. The van der Waals surface area contributed by atoms with Crippen LogP contribution in [0.3, 0.4) is 0 Å². The Balaban J connectivity index is 0.000000598. The lowest BCUT2D eigenvalue weighted by Gasteiger charge is -2.25. The molecule has 0 saturated carbocycles. The largest absolute Gasteiger partial charge is 0.477 e. The number of aromatic nitrogens is 4. The number of aromatic carboxylic acids is 1. The number of nitrogens with zero attached hydrogens (tertiary/aromatic N) is 4. The number of rotatable bonds is 8. The lowest BCUT2D eigenvalue weighted by Crippen LogP contribution is -2.29. The zero-order valence-electron chi connectivity index (χ0n) is 24.7. The number of piperidine rings is 2. The number of pyridine rings is 1. The van der Waals surface area contributed by atoms with Crippen molar-refractivity contribution < 1.29 is 23.1 Å². The van der Waals surface area contributed by atoms with Gasteiger partial charge in [0.2, 0.25) is 10.0 Å². The van der Waals surface area contributed by atoms with Gasteiger partial charge in [0, 0.05) is 17.1 Å². The quantitative estimate of drug-likeness (QED) is 0.163. The molecule has 4 aromatic rings. The number of carbonyl (C=O) groups excluding carboxylic acids is 1. The van der Waals surface area contributed by atoms with Gasteiger partial charge in [0.15, 0.2) is 10.8 Å². The first-order chi connectivity index (χ1) is 21.6. The van der Waals surface area contributed by atoms with Crippen molar-refractivity contribution in [2.75, 3.05) is 42.5 Å². The molecule has 0 aliphatic carbocycles. The Kier molecular flexibility index (Phi) is 10.7. The molecule has 0 unspecified atom stereocenters. The summed E-state index contributed by atoms with van der Waals surface area (Å²) in [7, 11) is -3.60. The molecule has 2 aliphatic rings. The summed E-state index contributed by atoms with van der Waals surface area (Å²) in [4.78, 5) is 35.8. The fourth-order valence-corrected chi connectivity index (χ4v) is 6.93. The number of halogens is 1. The topological polar surface area (TPSA) is 182 Å². The van der Waals surface area contributed by atoms with Gasteiger partial charge in [-0.2, -0.15) is 5.10 Å². The van der Waals surface area contributed by atoms with Gasteiger partial charge in [0.25, 0.3) is 5.91 Å². The lowest BCUT2D eigenvalue weighted by atomic mass is 10.0. The number of amides is 1. The number of hydrogen-bond donors (Lipinski definition) is 5. The average molecular weight is 675 g/mol. The second-order valence-electron chi connectivity index (χ2n) is 11.0. The Labute approximate surface area is 269 Å². The maximum Gasteiger partial charge on any atom is 0.348 e. The van der Waals surface area contributed by atoms with Crippen molar-refractivity contribution in [3.63, 3.8) is 0 Å². The summed E-state index contributed by atoms with van der Waals surface area (Å²) in [5.74, 6) is -1.88. The summed E-state index contributed by atoms with van der Waals surface area (Å²) in [5, 5.41) is 23.9. The molecule has 45 heavy (non-hydrogen) atoms. The second-order valence-corrected chi connectivity index (χ2v) is 14.2. The monoisotopic (exact) mass is 674 g/mol. The third kappa shape index (κ3) is 8.76. The fourth-order valence-electron chi connectivity index (χ4n) is 5.22. The number of anilines is 2. The standard InChI is InChI=1S/C24H24ClN7O5S2.C5H11N/c1-39(36,37)31-18-9-14(10-26-22(18)25)13-7-16(15-11-27-30-17(15)8-13)28-23(33)20-21(24(34)35)38-19(29-20)12-32-5-3-2-4-6-32;1-2-4-6-5-3-1/h7-11,31H,2-6,12H2,1H3,(H,27,30)(H,28,33)(H,34,35);6H,1-5H2. The van der Waals surface area contributed by atoms with E-state index in [0.29, 0.717) is 39.3 Å². The van der Waals surface area contributed by atoms with Gasteiger partial charge in [0.05, 0.1) is 35.9 Å². The number of sulfonamides is 1. The molecule has 0 atom stereocenters. The first-order valence-electron chi connectivity index (χ1n) is 14.7. The number of aromatic amines is 1. The molecule has 0 bridgehead atoms. The molecule has 2 aliphatic heterocycles. The van der Waals surface area contributed by atoms with Gasteiger partial charge in [-0.3, -0.25) is 19.5 Å². The number of H-pyrrole nitrogens is 1. The molecule has 5 heterocycles. The van der Waals surface area contributed by atoms with Crippen LogP contribution in [-0.2, 0) is 16.6 Å². The molecule has 1 amide bonds. The SMILES string of the molecule is C1CCNCC1.CS(=O)(=O)Nc1cc(-c2cc(NC(=O)c3nc(CN4CCCCC4)sc3C(=O)O)c3cn[nH]c3c2)cnc1Cl. The third-order valence-corrected chi connectivity index (χ3v) is 9.29. The molecule has 13 nitrogen and oxygen atoms in total. The highest BCUT2D eigenvalue weighted by Crippen LogP contribution is 2.33. The highest BCUT2D eigenvalue weighted by molar-refractivity contribution is 7.92. The van der Waals surface area contributed by atoms with Gasteiger partial charge in [-0.25, -0.2) is 23.2 Å². The van der Waals surface area contributed by atoms with Crippen LogP contribution in [0.1, 0.15) is 63.7 Å². The molecule has 0 radical (unpaired) electrons. The number of nitrogens with one attached hydrogen (secondary N) is 4. The van der Waals surface area contributed by atoms with Crippen LogP contribution in [0, 0.1) is 0 Å². The molecule has 2 fully saturated rings. The predicted octanol–water partition coefficient (Wildman–Crippen LogP) is 4.80. The van der Waals surface area contributed by atoms with Crippen molar-refractivity contribution >= 4 is 67.1 Å². The minimum Gasteiger partial charge on any atom is -0.477 e. The Bertz CT molecular complexity index is 1770. The van der Waals surface area contributed by atoms with Crippen LogP contribution in [0.2, 0.25) is 5.15 Å². The first-order valence-corrected chi connectivity index (χ1v) is 17.7. The van der Waals surface area contributed by atoms with Crippen LogP contribution in [0.5, 0.6) is 0 Å². The van der Waals surface area contributed by atoms with Crippen molar-refractivity contribution in [2.45, 2.75) is 45.1 Å². The van der Waals surface area contributed by atoms with Crippen LogP contribution in [0.15, 0.2) is 30.6 Å². The maximum absolute atomic E-state index is 13.3. The lowest BCUT2D eigenvalue weighted by molar-refractivity contribution is 0.0697. The van der Waals surface area contributed by atoms with Crippen molar-refractivity contribution in [1.29, 1.82) is 0 Å². The highest BCUT2D eigenvalue weighted by atomic mass is 35.5. The predicted molar refractivity (Wildman–Crippen MR) is 176 cm³/mol. The van der Waals surface area contributed by atoms with Crippen LogP contribution in [0.4, 0.5) is 11.4 Å². The number of hydrogen-bond acceptors (Lipinski definition) is 10.